The van der Waals surface area contributed by atoms with Gasteiger partial charge in [-0.3, -0.25) is 0 Å². The highest BCUT2D eigenvalue weighted by atomic mass is 32.2. The minimum Gasteiger partial charge on any atom is -0.236 e. The third-order valence-electron chi connectivity index (χ3n) is 1.20. The number of rotatable bonds is 0. The topological polar surface area (TPSA) is 27.0 Å². The fourth-order valence-electron chi connectivity index (χ4n) is 0.776. The summed E-state index contributed by atoms with van der Waals surface area (Å²) in [6, 6.07) is 3.93. The Morgan fingerprint density at radius 3 is 3.30 bits per heavy atom. The molecule has 0 N–H and O–H groups in total. The molecule has 1 aliphatic rings. The number of thioether (sulfide) groups is 1. The Balaban J connectivity index is 2.47. The van der Waals surface area contributed by atoms with Gasteiger partial charge in [-0.1, -0.05) is 11.8 Å². The van der Waals surface area contributed by atoms with Crippen LogP contribution in [0.2, 0.25) is 0 Å². The molecule has 2 heterocycles. The summed E-state index contributed by atoms with van der Waals surface area (Å²) in [5, 5.41) is 6.03. The van der Waals surface area contributed by atoms with E-state index >= 15 is 0 Å². The van der Waals surface area contributed by atoms with Crippen LogP contribution in [0.1, 0.15) is 0 Å². The first kappa shape index (κ1) is 5.80. The van der Waals surface area contributed by atoms with Gasteiger partial charge >= 0.3 is 0 Å². The molecule has 1 radical (unpaired) electrons. The number of hydrogen-bond acceptors (Lipinski definition) is 2. The molecule has 0 atom stereocenters. The lowest BCUT2D eigenvalue weighted by atomic mass is 10.4. The number of hydrogen-bond donors (Lipinski definition) is 0. The Kier molecular flexibility index (Phi) is 1.36. The van der Waals surface area contributed by atoms with Crippen LogP contribution in [0, 0.1) is 0 Å². The van der Waals surface area contributed by atoms with Crippen molar-refractivity contribution in [2.75, 3.05) is 0 Å². The fraction of sp³-hybridized carbons (Fsp3) is 0. The van der Waals surface area contributed by atoms with Gasteiger partial charge in [0.1, 0.15) is 0 Å². The monoisotopic (exact) mass is 149 g/mol. The maximum absolute atomic E-state index is 4.08. The van der Waals surface area contributed by atoms with E-state index in [0.29, 0.717) is 0 Å². The molecule has 0 saturated heterocycles. The van der Waals surface area contributed by atoms with Gasteiger partial charge in [-0.25, -0.2) is 10.3 Å². The van der Waals surface area contributed by atoms with Gasteiger partial charge < -0.3 is 0 Å². The van der Waals surface area contributed by atoms with Crippen molar-refractivity contribution < 1.29 is 0 Å². The van der Waals surface area contributed by atoms with Crippen molar-refractivity contribution >= 4 is 17.6 Å². The van der Waals surface area contributed by atoms with Gasteiger partial charge in [0, 0.05) is 12.4 Å². The highest BCUT2D eigenvalue weighted by Gasteiger charge is 2.04. The van der Waals surface area contributed by atoms with Crippen LogP contribution in [-0.4, -0.2) is 4.98 Å². The molecule has 0 bridgehead atoms. The maximum Gasteiger partial charge on any atom is 0.165 e. The number of pyridine rings is 1. The highest BCUT2D eigenvalue weighted by molar-refractivity contribution is 8.02. The van der Waals surface area contributed by atoms with Crippen molar-refractivity contribution in [1.29, 1.82) is 0 Å². The molecule has 49 valence electrons. The molecule has 0 amide bonds. The van der Waals surface area contributed by atoms with Gasteiger partial charge in [-0.05, 0) is 17.5 Å². The molecule has 0 spiro atoms. The van der Waals surface area contributed by atoms with Crippen LogP contribution in [-0.2, 0) is 0 Å². The van der Waals surface area contributed by atoms with E-state index in [9.17, 15) is 0 Å². The largest absolute Gasteiger partial charge is 0.236 e. The third kappa shape index (κ3) is 0.885. The maximum atomic E-state index is 4.08. The van der Waals surface area contributed by atoms with Crippen molar-refractivity contribution in [3.05, 3.63) is 29.9 Å². The fourth-order valence-corrected chi connectivity index (χ4v) is 1.41. The van der Waals surface area contributed by atoms with E-state index in [0.717, 1.165) is 10.7 Å². The average molecular weight is 149 g/mol. The van der Waals surface area contributed by atoms with E-state index in [4.69, 9.17) is 0 Å². The Morgan fingerprint density at radius 2 is 2.40 bits per heavy atom. The molecule has 1 aromatic heterocycles. The summed E-state index contributed by atoms with van der Waals surface area (Å²) in [6.45, 7) is 0. The Bertz CT molecular complexity index is 243. The summed E-state index contributed by atoms with van der Waals surface area (Å²) < 4.78 is 0. The van der Waals surface area contributed by atoms with E-state index in [1.165, 1.54) is 0 Å². The lowest BCUT2D eigenvalue weighted by Crippen LogP contribution is -1.94. The zero-order chi connectivity index (χ0) is 6.81. The van der Waals surface area contributed by atoms with Crippen LogP contribution in [0.5, 0.6) is 0 Å². The number of aromatic nitrogens is 1. The zero-order valence-corrected chi connectivity index (χ0v) is 6.01. The van der Waals surface area contributed by atoms with Gasteiger partial charge in [0.25, 0.3) is 0 Å². The van der Waals surface area contributed by atoms with Crippen LogP contribution in [0.25, 0.3) is 0 Å². The third-order valence-corrected chi connectivity index (χ3v) is 2.03. The molecule has 0 unspecified atom stereocenters. The van der Waals surface area contributed by atoms with Crippen LogP contribution < -0.4 is 5.32 Å². The predicted molar refractivity (Wildman–Crippen MR) is 41.0 cm³/mol. The van der Waals surface area contributed by atoms with Gasteiger partial charge in [-0.2, -0.15) is 0 Å². The second-order valence-corrected chi connectivity index (χ2v) is 2.80. The molecule has 10 heavy (non-hydrogen) atoms. The quantitative estimate of drug-likeness (QED) is 0.563. The molecule has 1 aromatic rings. The Morgan fingerprint density at radius 1 is 1.40 bits per heavy atom. The van der Waals surface area contributed by atoms with E-state index in [2.05, 4.69) is 10.3 Å². The standard InChI is InChI=1S/C7H5N2S/c1-2-6-7(8-3-1)9-4-5-10-6/h1-5H. The molecule has 2 nitrogen and oxygen atoms in total. The molecule has 1 aliphatic heterocycles. The molecule has 3 heteroatoms. The molecule has 0 saturated carbocycles. The summed E-state index contributed by atoms with van der Waals surface area (Å²) in [5.41, 5.74) is 0. The number of fused-ring (bicyclic) bond motifs is 1. The van der Waals surface area contributed by atoms with E-state index in [-0.39, 0.29) is 0 Å². The van der Waals surface area contributed by atoms with Crippen molar-refractivity contribution in [3.63, 3.8) is 0 Å². The molecule has 0 fully saturated rings. The minimum atomic E-state index is 0.829. The minimum absolute atomic E-state index is 0.829. The highest BCUT2D eigenvalue weighted by Crippen LogP contribution is 2.28. The van der Waals surface area contributed by atoms with Gasteiger partial charge in [0.05, 0.1) is 4.90 Å². The van der Waals surface area contributed by atoms with Crippen LogP contribution >= 0.6 is 11.8 Å². The number of nitrogens with zero attached hydrogens (tertiary/aromatic N) is 2. The second kappa shape index (κ2) is 2.34. The van der Waals surface area contributed by atoms with Crippen LogP contribution in [0.15, 0.2) is 34.8 Å². The van der Waals surface area contributed by atoms with E-state index in [1.54, 1.807) is 24.2 Å². The first-order valence-electron chi connectivity index (χ1n) is 2.94. The predicted octanol–water partition coefficient (Wildman–Crippen LogP) is 1.89. The Labute approximate surface area is 63.4 Å². The van der Waals surface area contributed by atoms with E-state index < -0.39 is 0 Å². The summed E-state index contributed by atoms with van der Waals surface area (Å²) in [4.78, 5) is 5.21. The molecule has 2 rings (SSSR count). The van der Waals surface area contributed by atoms with Gasteiger partial charge in [-0.15, -0.1) is 0 Å². The average Bonchev–Trinajstić information content (AvgIpc) is 2.05. The molecular formula is C7H5N2S. The summed E-state index contributed by atoms with van der Waals surface area (Å²) in [7, 11) is 0. The SMILES string of the molecule is C1=CSc2cccnc2[N]1. The zero-order valence-electron chi connectivity index (χ0n) is 5.19. The van der Waals surface area contributed by atoms with Crippen molar-refractivity contribution in [1.82, 2.24) is 10.3 Å². The molecule has 0 aromatic carbocycles. The van der Waals surface area contributed by atoms with Crippen molar-refractivity contribution in [3.8, 4) is 0 Å². The normalized spacial score (nSPS) is 14.0. The summed E-state index contributed by atoms with van der Waals surface area (Å²) in [6.07, 6.45) is 3.52. The second-order valence-electron chi connectivity index (χ2n) is 1.86. The first-order chi connectivity index (χ1) is 4.97. The molecule has 0 aliphatic carbocycles. The Hall–Kier alpha value is -0.960. The van der Waals surface area contributed by atoms with Crippen molar-refractivity contribution in [2.24, 2.45) is 0 Å². The first-order valence-corrected chi connectivity index (χ1v) is 3.82. The lowest BCUT2D eigenvalue weighted by Gasteiger charge is -2.06. The van der Waals surface area contributed by atoms with E-state index in [1.807, 2.05) is 17.5 Å². The lowest BCUT2D eigenvalue weighted by molar-refractivity contribution is 1.04. The van der Waals surface area contributed by atoms with Gasteiger partial charge in [0.2, 0.25) is 0 Å². The summed E-state index contributed by atoms with van der Waals surface area (Å²) >= 11 is 1.65. The van der Waals surface area contributed by atoms with Crippen molar-refractivity contribution in [2.45, 2.75) is 4.90 Å². The van der Waals surface area contributed by atoms with Crippen LogP contribution in [0.3, 0.4) is 0 Å². The van der Waals surface area contributed by atoms with Gasteiger partial charge in [0.15, 0.2) is 5.82 Å². The van der Waals surface area contributed by atoms with Crippen LogP contribution in [0.4, 0.5) is 5.82 Å². The smallest absolute Gasteiger partial charge is 0.165 e. The molecular weight excluding hydrogens is 144 g/mol. The summed E-state index contributed by atoms with van der Waals surface area (Å²) in [5.74, 6) is 0.829.